The van der Waals surface area contributed by atoms with Crippen molar-refractivity contribution >= 4 is 5.97 Å². The zero-order chi connectivity index (χ0) is 15.6. The van der Waals surface area contributed by atoms with Crippen molar-refractivity contribution in [2.24, 2.45) is 0 Å². The number of hydrogen-bond donors (Lipinski definition) is 0. The minimum atomic E-state index is -0.257. The van der Waals surface area contributed by atoms with Crippen LogP contribution in [-0.4, -0.2) is 13.1 Å². The van der Waals surface area contributed by atoms with Crippen molar-refractivity contribution in [3.05, 3.63) is 24.3 Å². The maximum absolute atomic E-state index is 10.8. The van der Waals surface area contributed by atoms with E-state index in [2.05, 4.69) is 23.8 Å². The molecule has 0 aromatic heterocycles. The van der Waals surface area contributed by atoms with Crippen LogP contribution in [0.1, 0.15) is 84.0 Å². The summed E-state index contributed by atoms with van der Waals surface area (Å²) in [4.78, 5) is 10.8. The van der Waals surface area contributed by atoms with Crippen LogP contribution in [0.2, 0.25) is 0 Å². The fourth-order valence-corrected chi connectivity index (χ4v) is 2.23. The van der Waals surface area contributed by atoms with Crippen LogP contribution in [-0.2, 0) is 9.53 Å². The Morgan fingerprint density at radius 3 is 1.81 bits per heavy atom. The predicted octanol–water partition coefficient (Wildman–Crippen LogP) is 5.97. The molecule has 0 unspecified atom stereocenters. The van der Waals surface area contributed by atoms with E-state index in [1.54, 1.807) is 0 Å². The maximum Gasteiger partial charge on any atom is 0.330 e. The first-order chi connectivity index (χ1) is 10.3. The first kappa shape index (κ1) is 19.9. The van der Waals surface area contributed by atoms with Gasteiger partial charge in [-0.1, -0.05) is 63.7 Å². The summed E-state index contributed by atoms with van der Waals surface area (Å²) in [6, 6.07) is 0. The highest BCUT2D eigenvalue weighted by molar-refractivity contribution is 5.81. The Morgan fingerprint density at radius 2 is 1.24 bits per heavy atom. The molecular formula is C19H34O2. The van der Waals surface area contributed by atoms with Gasteiger partial charge in [0.25, 0.3) is 0 Å². The summed E-state index contributed by atoms with van der Waals surface area (Å²) in [7, 11) is 1.41. The third kappa shape index (κ3) is 16.9. The normalized spacial score (nSPS) is 11.5. The molecule has 0 heterocycles. The minimum absolute atomic E-state index is 0.257. The van der Waals surface area contributed by atoms with E-state index >= 15 is 0 Å². The van der Waals surface area contributed by atoms with E-state index in [1.807, 2.05) is 6.08 Å². The molecule has 0 N–H and O–H groups in total. The van der Waals surface area contributed by atoms with Gasteiger partial charge in [-0.2, -0.15) is 0 Å². The van der Waals surface area contributed by atoms with Crippen LogP contribution >= 0.6 is 0 Å². The van der Waals surface area contributed by atoms with Gasteiger partial charge in [-0.3, -0.25) is 0 Å². The third-order valence-electron chi connectivity index (χ3n) is 3.59. The van der Waals surface area contributed by atoms with Crippen LogP contribution in [0.15, 0.2) is 24.3 Å². The fourth-order valence-electron chi connectivity index (χ4n) is 2.23. The number of methoxy groups -OCH3 is 1. The summed E-state index contributed by atoms with van der Waals surface area (Å²) in [6.07, 6.45) is 23.4. The fraction of sp³-hybridized carbons (Fsp3) is 0.737. The molecule has 0 aliphatic heterocycles. The van der Waals surface area contributed by atoms with Gasteiger partial charge in [0, 0.05) is 6.08 Å². The van der Waals surface area contributed by atoms with Crippen LogP contribution < -0.4 is 0 Å². The van der Waals surface area contributed by atoms with Gasteiger partial charge < -0.3 is 4.74 Å². The Kier molecular flexibility index (Phi) is 16.2. The molecule has 0 aromatic carbocycles. The number of carbonyl (C=O) groups is 1. The molecule has 0 aliphatic carbocycles. The molecule has 0 atom stereocenters. The molecule has 0 amide bonds. The lowest BCUT2D eigenvalue weighted by atomic mass is 10.1. The van der Waals surface area contributed by atoms with Crippen LogP contribution in [0, 0.1) is 0 Å². The predicted molar refractivity (Wildman–Crippen MR) is 91.4 cm³/mol. The number of ether oxygens (including phenoxy) is 1. The first-order valence-corrected chi connectivity index (χ1v) is 8.70. The van der Waals surface area contributed by atoms with E-state index in [1.165, 1.54) is 77.4 Å². The average Bonchev–Trinajstić information content (AvgIpc) is 2.50. The van der Waals surface area contributed by atoms with Gasteiger partial charge in [-0.15, -0.1) is 0 Å². The molecule has 21 heavy (non-hydrogen) atoms. The summed E-state index contributed by atoms with van der Waals surface area (Å²) in [5, 5.41) is 0. The number of esters is 1. The van der Waals surface area contributed by atoms with Crippen molar-refractivity contribution < 1.29 is 9.53 Å². The molecule has 0 aliphatic rings. The molecule has 0 bridgehead atoms. The Labute approximate surface area is 131 Å². The molecule has 0 radical (unpaired) electrons. The summed E-state index contributed by atoms with van der Waals surface area (Å²) in [5.41, 5.74) is 0. The second-order valence-corrected chi connectivity index (χ2v) is 5.59. The van der Waals surface area contributed by atoms with Gasteiger partial charge in [-0.05, 0) is 38.5 Å². The van der Waals surface area contributed by atoms with Gasteiger partial charge >= 0.3 is 5.97 Å². The van der Waals surface area contributed by atoms with E-state index in [0.717, 1.165) is 12.8 Å². The van der Waals surface area contributed by atoms with Crippen molar-refractivity contribution in [2.45, 2.75) is 84.0 Å². The standard InChI is InChI=1S/C19H34O2/c1-3-4-5-6-7-8-9-10-11-12-13-14-15-16-17-18-19(20)21-2/h10-11,17-18H,3-9,12-16H2,1-2H3/b11-10?,18-17+. The zero-order valence-electron chi connectivity index (χ0n) is 14.1. The molecule has 0 aromatic rings. The number of hydrogen-bond acceptors (Lipinski definition) is 2. The highest BCUT2D eigenvalue weighted by Gasteiger charge is 1.91. The van der Waals surface area contributed by atoms with Crippen molar-refractivity contribution in [3.63, 3.8) is 0 Å². The quantitative estimate of drug-likeness (QED) is 0.171. The molecule has 0 saturated heterocycles. The minimum Gasteiger partial charge on any atom is -0.466 e. The second kappa shape index (κ2) is 17.0. The molecule has 2 nitrogen and oxygen atoms in total. The highest BCUT2D eigenvalue weighted by atomic mass is 16.5. The molecular weight excluding hydrogens is 260 g/mol. The lowest BCUT2D eigenvalue weighted by molar-refractivity contribution is -0.134. The van der Waals surface area contributed by atoms with Crippen LogP contribution in [0.3, 0.4) is 0 Å². The molecule has 0 saturated carbocycles. The number of unbranched alkanes of at least 4 members (excludes halogenated alkanes) is 10. The Morgan fingerprint density at radius 1 is 0.762 bits per heavy atom. The van der Waals surface area contributed by atoms with E-state index in [-0.39, 0.29) is 5.97 Å². The van der Waals surface area contributed by atoms with Crippen molar-refractivity contribution in [1.29, 1.82) is 0 Å². The lowest BCUT2D eigenvalue weighted by Crippen LogP contribution is -1.93. The van der Waals surface area contributed by atoms with Gasteiger partial charge in [0.15, 0.2) is 0 Å². The summed E-state index contributed by atoms with van der Waals surface area (Å²) >= 11 is 0. The van der Waals surface area contributed by atoms with E-state index < -0.39 is 0 Å². The van der Waals surface area contributed by atoms with E-state index in [0.29, 0.717) is 0 Å². The van der Waals surface area contributed by atoms with Gasteiger partial charge in [0.05, 0.1) is 7.11 Å². The summed E-state index contributed by atoms with van der Waals surface area (Å²) < 4.78 is 4.53. The Hall–Kier alpha value is -1.05. The Bertz CT molecular complexity index is 279. The Balaban J connectivity index is 3.18. The number of allylic oxidation sites excluding steroid dienone is 3. The van der Waals surface area contributed by atoms with Crippen molar-refractivity contribution in [2.75, 3.05) is 7.11 Å². The van der Waals surface area contributed by atoms with E-state index in [9.17, 15) is 4.79 Å². The molecule has 0 rings (SSSR count). The van der Waals surface area contributed by atoms with E-state index in [4.69, 9.17) is 0 Å². The summed E-state index contributed by atoms with van der Waals surface area (Å²) in [5.74, 6) is -0.257. The van der Waals surface area contributed by atoms with Crippen LogP contribution in [0.5, 0.6) is 0 Å². The topological polar surface area (TPSA) is 26.3 Å². The van der Waals surface area contributed by atoms with Gasteiger partial charge in [0.2, 0.25) is 0 Å². The lowest BCUT2D eigenvalue weighted by Gasteiger charge is -1.98. The molecule has 2 heteroatoms. The van der Waals surface area contributed by atoms with Gasteiger partial charge in [-0.25, -0.2) is 4.79 Å². The van der Waals surface area contributed by atoms with Crippen molar-refractivity contribution in [3.8, 4) is 0 Å². The maximum atomic E-state index is 10.8. The average molecular weight is 294 g/mol. The SMILES string of the molecule is CCCCCCCCC=CCCCCC/C=C/C(=O)OC. The van der Waals surface area contributed by atoms with Gasteiger partial charge in [0.1, 0.15) is 0 Å². The smallest absolute Gasteiger partial charge is 0.330 e. The second-order valence-electron chi connectivity index (χ2n) is 5.59. The summed E-state index contributed by atoms with van der Waals surface area (Å²) in [6.45, 7) is 2.26. The number of carbonyl (C=O) groups excluding carboxylic acids is 1. The van der Waals surface area contributed by atoms with Crippen LogP contribution in [0.4, 0.5) is 0 Å². The molecule has 122 valence electrons. The van der Waals surface area contributed by atoms with Crippen molar-refractivity contribution in [1.82, 2.24) is 0 Å². The largest absolute Gasteiger partial charge is 0.466 e. The highest BCUT2D eigenvalue weighted by Crippen LogP contribution is 2.08. The molecule has 0 fully saturated rings. The zero-order valence-corrected chi connectivity index (χ0v) is 14.1. The third-order valence-corrected chi connectivity index (χ3v) is 3.59. The molecule has 0 spiro atoms. The monoisotopic (exact) mass is 294 g/mol. The van der Waals surface area contributed by atoms with Crippen LogP contribution in [0.25, 0.3) is 0 Å². The first-order valence-electron chi connectivity index (χ1n) is 8.70. The number of rotatable bonds is 14.